The van der Waals surface area contributed by atoms with Gasteiger partial charge in [0, 0.05) is 5.39 Å². The fraction of sp³-hybridized carbons (Fsp3) is 0.0588. The molecule has 0 N–H and O–H groups in total. The van der Waals surface area contributed by atoms with Crippen molar-refractivity contribution >= 4 is 22.7 Å². The van der Waals surface area contributed by atoms with Gasteiger partial charge in [0.2, 0.25) is 5.16 Å². The lowest BCUT2D eigenvalue weighted by Crippen LogP contribution is -1.99. The molecule has 2 aromatic carbocycles. The van der Waals surface area contributed by atoms with Crippen LogP contribution in [0.3, 0.4) is 0 Å². The highest BCUT2D eigenvalue weighted by molar-refractivity contribution is 7.99. The molecule has 0 fully saturated rings. The zero-order chi connectivity index (χ0) is 16.4. The van der Waals surface area contributed by atoms with E-state index in [-0.39, 0.29) is 0 Å². The van der Waals surface area contributed by atoms with Gasteiger partial charge in [0.1, 0.15) is 10.8 Å². The van der Waals surface area contributed by atoms with E-state index >= 15 is 0 Å². The van der Waals surface area contributed by atoms with Crippen LogP contribution in [0.1, 0.15) is 0 Å². The van der Waals surface area contributed by atoms with Crippen LogP contribution in [0, 0.1) is 0 Å². The number of nitrogens with zero attached hydrogens (tertiary/aromatic N) is 5. The third-order valence-corrected chi connectivity index (χ3v) is 4.40. The maximum Gasteiger partial charge on any atom is 0.220 e. The highest BCUT2D eigenvalue weighted by Crippen LogP contribution is 2.27. The van der Waals surface area contributed by atoms with E-state index in [0.717, 1.165) is 27.4 Å². The van der Waals surface area contributed by atoms with Crippen molar-refractivity contribution in [1.29, 1.82) is 0 Å². The lowest BCUT2D eigenvalue weighted by atomic mass is 10.2. The van der Waals surface area contributed by atoms with Gasteiger partial charge in [0.15, 0.2) is 0 Å². The highest BCUT2D eigenvalue weighted by atomic mass is 32.2. The number of tetrazole rings is 1. The maximum absolute atomic E-state index is 5.18. The fourth-order valence-corrected chi connectivity index (χ4v) is 3.10. The number of ether oxygens (including phenoxy) is 1. The van der Waals surface area contributed by atoms with Crippen LogP contribution in [0.2, 0.25) is 0 Å². The Bertz CT molecular complexity index is 984. The van der Waals surface area contributed by atoms with Gasteiger partial charge in [-0.2, -0.15) is 4.68 Å². The van der Waals surface area contributed by atoms with E-state index in [2.05, 4.69) is 20.5 Å². The second-order valence-corrected chi connectivity index (χ2v) is 6.00. The fourth-order valence-electron chi connectivity index (χ4n) is 2.33. The molecule has 24 heavy (non-hydrogen) atoms. The highest BCUT2D eigenvalue weighted by Gasteiger charge is 2.11. The van der Waals surface area contributed by atoms with Gasteiger partial charge in [-0.3, -0.25) is 0 Å². The summed E-state index contributed by atoms with van der Waals surface area (Å²) in [5, 5.41) is 14.6. The van der Waals surface area contributed by atoms with E-state index in [0.29, 0.717) is 5.16 Å². The summed E-state index contributed by atoms with van der Waals surface area (Å²) in [5.41, 5.74) is 1.81. The van der Waals surface area contributed by atoms with Crippen molar-refractivity contribution < 1.29 is 4.74 Å². The smallest absolute Gasteiger partial charge is 0.220 e. The molecule has 0 atom stereocenters. The van der Waals surface area contributed by atoms with Crippen molar-refractivity contribution in [2.75, 3.05) is 7.11 Å². The Morgan fingerprint density at radius 1 is 0.958 bits per heavy atom. The lowest BCUT2D eigenvalue weighted by molar-refractivity contribution is 0.414. The van der Waals surface area contributed by atoms with Crippen molar-refractivity contribution in [2.24, 2.45) is 0 Å². The molecule has 6 nitrogen and oxygen atoms in total. The van der Waals surface area contributed by atoms with E-state index in [9.17, 15) is 0 Å². The number of fused-ring (bicyclic) bond motifs is 1. The van der Waals surface area contributed by atoms with E-state index in [4.69, 9.17) is 4.74 Å². The molecular formula is C17H13N5OS. The number of benzene rings is 2. The number of methoxy groups -OCH3 is 1. The molecule has 0 unspecified atom stereocenters. The van der Waals surface area contributed by atoms with Crippen molar-refractivity contribution in [3.63, 3.8) is 0 Å². The molecule has 118 valence electrons. The molecule has 0 bridgehead atoms. The lowest BCUT2D eigenvalue weighted by Gasteiger charge is -2.05. The van der Waals surface area contributed by atoms with Gasteiger partial charge in [-0.25, -0.2) is 4.98 Å². The Morgan fingerprint density at radius 2 is 1.79 bits per heavy atom. The molecule has 0 radical (unpaired) electrons. The van der Waals surface area contributed by atoms with E-state index in [1.807, 2.05) is 60.7 Å². The summed E-state index contributed by atoms with van der Waals surface area (Å²) in [7, 11) is 1.64. The van der Waals surface area contributed by atoms with Crippen LogP contribution in [0.25, 0.3) is 16.6 Å². The number of pyridine rings is 1. The quantitative estimate of drug-likeness (QED) is 0.570. The molecule has 0 amide bonds. The van der Waals surface area contributed by atoms with Crippen LogP contribution >= 0.6 is 11.8 Å². The summed E-state index contributed by atoms with van der Waals surface area (Å²) < 4.78 is 6.86. The molecule has 4 rings (SSSR count). The molecule has 0 aliphatic rings. The van der Waals surface area contributed by atoms with Crippen molar-refractivity contribution in [3.8, 4) is 11.4 Å². The summed E-state index contributed by atoms with van der Waals surface area (Å²) >= 11 is 1.43. The number of para-hydroxylation sites is 1. The average molecular weight is 335 g/mol. The number of rotatable bonds is 4. The van der Waals surface area contributed by atoms with Crippen LogP contribution in [0.15, 0.2) is 70.8 Å². The van der Waals surface area contributed by atoms with Gasteiger partial charge >= 0.3 is 0 Å². The van der Waals surface area contributed by atoms with Crippen LogP contribution in [-0.4, -0.2) is 32.3 Å². The number of hydrogen-bond acceptors (Lipinski definition) is 6. The van der Waals surface area contributed by atoms with Gasteiger partial charge in [0.25, 0.3) is 0 Å². The van der Waals surface area contributed by atoms with Gasteiger partial charge < -0.3 is 4.74 Å². The van der Waals surface area contributed by atoms with Crippen LogP contribution < -0.4 is 4.74 Å². The monoisotopic (exact) mass is 335 g/mol. The third kappa shape index (κ3) is 2.81. The van der Waals surface area contributed by atoms with Crippen LogP contribution in [0.4, 0.5) is 0 Å². The van der Waals surface area contributed by atoms with E-state index in [1.54, 1.807) is 11.8 Å². The third-order valence-electron chi connectivity index (χ3n) is 3.53. The van der Waals surface area contributed by atoms with Gasteiger partial charge in [-0.1, -0.05) is 24.3 Å². The van der Waals surface area contributed by atoms with Crippen LogP contribution in [-0.2, 0) is 0 Å². The second-order valence-electron chi connectivity index (χ2n) is 5.02. The zero-order valence-corrected chi connectivity index (χ0v) is 13.6. The molecule has 4 aromatic rings. The first kappa shape index (κ1) is 14.6. The Labute approximate surface area is 142 Å². The molecule has 0 aliphatic heterocycles. The molecule has 0 saturated heterocycles. The van der Waals surface area contributed by atoms with Crippen molar-refractivity contribution in [1.82, 2.24) is 25.2 Å². The standard InChI is InChI=1S/C17H13N5OS/c1-23-14-9-7-13(8-10-14)22-17(19-20-21-22)24-16-11-6-12-4-2-3-5-15(12)18-16/h2-11H,1H3. The first-order valence-corrected chi connectivity index (χ1v) is 8.11. The predicted octanol–water partition coefficient (Wildman–Crippen LogP) is 3.37. The van der Waals surface area contributed by atoms with E-state index in [1.165, 1.54) is 11.8 Å². The summed E-state index contributed by atoms with van der Waals surface area (Å²) in [6, 6.07) is 19.6. The van der Waals surface area contributed by atoms with E-state index < -0.39 is 0 Å². The molecule has 7 heteroatoms. The summed E-state index contributed by atoms with van der Waals surface area (Å²) in [6.45, 7) is 0. The molecule has 2 aromatic heterocycles. The molecule has 0 aliphatic carbocycles. The van der Waals surface area contributed by atoms with Gasteiger partial charge in [-0.15, -0.1) is 5.10 Å². The first-order valence-electron chi connectivity index (χ1n) is 7.30. The maximum atomic E-state index is 5.18. The molecule has 0 spiro atoms. The molecular weight excluding hydrogens is 322 g/mol. The Balaban J connectivity index is 1.66. The SMILES string of the molecule is COc1ccc(-n2nnnc2Sc2ccc3ccccc3n2)cc1. The minimum Gasteiger partial charge on any atom is -0.497 e. The van der Waals surface area contributed by atoms with Crippen molar-refractivity contribution in [2.45, 2.75) is 10.2 Å². The van der Waals surface area contributed by atoms with Crippen molar-refractivity contribution in [3.05, 3.63) is 60.7 Å². The minimum atomic E-state index is 0.656. The Morgan fingerprint density at radius 3 is 2.62 bits per heavy atom. The average Bonchev–Trinajstić information content (AvgIpc) is 3.10. The van der Waals surface area contributed by atoms with Gasteiger partial charge in [0.05, 0.1) is 18.3 Å². The van der Waals surface area contributed by atoms with Crippen LogP contribution in [0.5, 0.6) is 5.75 Å². The summed E-state index contributed by atoms with van der Waals surface area (Å²) in [4.78, 5) is 4.65. The second kappa shape index (κ2) is 6.29. The number of aromatic nitrogens is 5. The normalized spacial score (nSPS) is 10.9. The molecule has 0 saturated carbocycles. The molecule has 2 heterocycles. The largest absolute Gasteiger partial charge is 0.497 e. The predicted molar refractivity (Wildman–Crippen MR) is 91.6 cm³/mol. The number of hydrogen-bond donors (Lipinski definition) is 0. The Kier molecular flexibility index (Phi) is 3.84. The Hall–Kier alpha value is -2.93. The first-order chi connectivity index (χ1) is 11.8. The topological polar surface area (TPSA) is 65.7 Å². The van der Waals surface area contributed by atoms with Gasteiger partial charge in [-0.05, 0) is 58.6 Å². The zero-order valence-electron chi connectivity index (χ0n) is 12.8. The summed E-state index contributed by atoms with van der Waals surface area (Å²) in [6.07, 6.45) is 0. The minimum absolute atomic E-state index is 0.656. The summed E-state index contributed by atoms with van der Waals surface area (Å²) in [5.74, 6) is 0.789.